The fourth-order valence-electron chi connectivity index (χ4n) is 1.84. The molecule has 8 heteroatoms. The maximum Gasteiger partial charge on any atom is 0.327 e. The van der Waals surface area contributed by atoms with Crippen molar-refractivity contribution in [3.8, 4) is 0 Å². The first-order valence-corrected chi connectivity index (χ1v) is 7.15. The Hall–Kier alpha value is -1.34. The molecule has 0 saturated carbocycles. The van der Waals surface area contributed by atoms with E-state index in [0.29, 0.717) is 23.7 Å². The molecule has 1 N–H and O–H groups in total. The largest absolute Gasteiger partial charge is 0.480 e. The molecular weight excluding hydrogens is 290 g/mol. The van der Waals surface area contributed by atoms with E-state index in [2.05, 4.69) is 9.97 Å². The summed E-state index contributed by atoms with van der Waals surface area (Å²) in [6.07, 6.45) is 0. The van der Waals surface area contributed by atoms with Gasteiger partial charge in [0.05, 0.1) is 0 Å². The summed E-state index contributed by atoms with van der Waals surface area (Å²) in [5, 5.41) is 9.14. The second-order valence-corrected chi connectivity index (χ2v) is 5.58. The number of carboxylic acids is 1. The van der Waals surface area contributed by atoms with Crippen molar-refractivity contribution in [2.24, 2.45) is 0 Å². The third-order valence-electron chi connectivity index (χ3n) is 2.72. The number of amides is 1. The van der Waals surface area contributed by atoms with Crippen molar-refractivity contribution in [1.29, 1.82) is 0 Å². The summed E-state index contributed by atoms with van der Waals surface area (Å²) < 4.78 is 0. The zero-order chi connectivity index (χ0) is 14.0. The minimum absolute atomic E-state index is 0.0124. The van der Waals surface area contributed by atoms with Gasteiger partial charge >= 0.3 is 5.97 Å². The minimum atomic E-state index is -1.00. The summed E-state index contributed by atoms with van der Waals surface area (Å²) in [7, 11) is 0. The monoisotopic (exact) mass is 301 g/mol. The topological polar surface area (TPSA) is 83.4 Å². The van der Waals surface area contributed by atoms with Crippen LogP contribution >= 0.6 is 23.4 Å². The predicted octanol–water partition coefficient (Wildman–Crippen LogP) is 1.08. The van der Waals surface area contributed by atoms with Gasteiger partial charge < -0.3 is 10.0 Å². The van der Waals surface area contributed by atoms with Crippen LogP contribution in [0.25, 0.3) is 0 Å². The lowest BCUT2D eigenvalue weighted by atomic mass is 10.2. The van der Waals surface area contributed by atoms with Gasteiger partial charge in [-0.3, -0.25) is 4.79 Å². The van der Waals surface area contributed by atoms with Gasteiger partial charge in [-0.2, -0.15) is 11.8 Å². The number of hydrogen-bond acceptors (Lipinski definition) is 5. The molecule has 19 heavy (non-hydrogen) atoms. The zero-order valence-corrected chi connectivity index (χ0v) is 11.7. The van der Waals surface area contributed by atoms with Gasteiger partial charge in [-0.15, -0.1) is 0 Å². The van der Waals surface area contributed by atoms with Gasteiger partial charge in [-0.1, -0.05) is 0 Å². The zero-order valence-electron chi connectivity index (χ0n) is 10.2. The van der Waals surface area contributed by atoms with E-state index < -0.39 is 17.9 Å². The van der Waals surface area contributed by atoms with Crippen molar-refractivity contribution in [3.63, 3.8) is 0 Å². The standard InChI is InChI=1S/C11H12ClN3O3S/c1-6-4-7(14-11(12)13-6)9(16)15-2-3-19-5-8(15)10(17)18/h4,8H,2-3,5H2,1H3,(H,17,18). The van der Waals surface area contributed by atoms with Crippen LogP contribution in [0.5, 0.6) is 0 Å². The first-order valence-electron chi connectivity index (χ1n) is 5.61. The molecule has 0 aliphatic carbocycles. The Labute approximate surface area is 119 Å². The molecule has 1 unspecified atom stereocenters. The van der Waals surface area contributed by atoms with E-state index in [4.69, 9.17) is 16.7 Å². The number of aliphatic carboxylic acids is 1. The molecule has 2 rings (SSSR count). The Balaban J connectivity index is 2.28. The number of rotatable bonds is 2. The van der Waals surface area contributed by atoms with E-state index in [1.807, 2.05) is 0 Å². The molecule has 1 aliphatic heterocycles. The second-order valence-electron chi connectivity index (χ2n) is 4.09. The highest BCUT2D eigenvalue weighted by molar-refractivity contribution is 7.99. The molecule has 0 spiro atoms. The van der Waals surface area contributed by atoms with Crippen LogP contribution in [0.3, 0.4) is 0 Å². The van der Waals surface area contributed by atoms with Crippen LogP contribution in [0.1, 0.15) is 16.2 Å². The van der Waals surface area contributed by atoms with Gasteiger partial charge in [-0.25, -0.2) is 14.8 Å². The summed E-state index contributed by atoms with van der Waals surface area (Å²) in [5.41, 5.74) is 0.706. The predicted molar refractivity (Wildman–Crippen MR) is 71.6 cm³/mol. The highest BCUT2D eigenvalue weighted by atomic mass is 35.5. The normalized spacial score (nSPS) is 19.3. The van der Waals surface area contributed by atoms with Crippen LogP contribution in [-0.2, 0) is 4.79 Å². The van der Waals surface area contributed by atoms with Crippen LogP contribution < -0.4 is 0 Å². The third-order valence-corrected chi connectivity index (χ3v) is 3.91. The number of carboxylic acid groups (broad SMARTS) is 1. The van der Waals surface area contributed by atoms with Gasteiger partial charge in [0.15, 0.2) is 0 Å². The average molecular weight is 302 g/mol. The number of carbonyl (C=O) groups is 2. The second kappa shape index (κ2) is 5.75. The van der Waals surface area contributed by atoms with Crippen LogP contribution in [0.15, 0.2) is 6.07 Å². The lowest BCUT2D eigenvalue weighted by Crippen LogP contribution is -2.50. The summed E-state index contributed by atoms with van der Waals surface area (Å²) in [4.78, 5) is 32.6. The first-order chi connectivity index (χ1) is 8.99. The van der Waals surface area contributed by atoms with Crippen LogP contribution in [-0.4, -0.2) is 55.9 Å². The van der Waals surface area contributed by atoms with E-state index in [9.17, 15) is 9.59 Å². The van der Waals surface area contributed by atoms with E-state index in [1.165, 1.54) is 22.7 Å². The molecule has 1 aromatic rings. The van der Waals surface area contributed by atoms with E-state index in [0.717, 1.165) is 0 Å². The quantitative estimate of drug-likeness (QED) is 0.823. The Morgan fingerprint density at radius 3 is 2.89 bits per heavy atom. The molecule has 0 radical (unpaired) electrons. The SMILES string of the molecule is Cc1cc(C(=O)N2CCSCC2C(=O)O)nc(Cl)n1. The van der Waals surface area contributed by atoms with Crippen molar-refractivity contribution in [2.75, 3.05) is 18.1 Å². The third kappa shape index (κ3) is 3.16. The molecule has 1 aromatic heterocycles. The Morgan fingerprint density at radius 1 is 1.53 bits per heavy atom. The average Bonchev–Trinajstić information content (AvgIpc) is 2.36. The Bertz CT molecular complexity index is 506. The van der Waals surface area contributed by atoms with Crippen molar-refractivity contribution in [3.05, 3.63) is 22.7 Å². The molecule has 6 nitrogen and oxygen atoms in total. The number of hydrogen-bond donors (Lipinski definition) is 1. The molecule has 1 aliphatic rings. The number of aryl methyl sites for hydroxylation is 1. The van der Waals surface area contributed by atoms with Crippen LogP contribution in [0, 0.1) is 6.92 Å². The molecule has 2 heterocycles. The molecule has 0 bridgehead atoms. The number of carbonyl (C=O) groups excluding carboxylic acids is 1. The van der Waals surface area contributed by atoms with E-state index in [1.54, 1.807) is 6.92 Å². The van der Waals surface area contributed by atoms with Gasteiger partial charge in [-0.05, 0) is 24.6 Å². The van der Waals surface area contributed by atoms with Crippen LogP contribution in [0.4, 0.5) is 0 Å². The fraction of sp³-hybridized carbons (Fsp3) is 0.455. The highest BCUT2D eigenvalue weighted by Gasteiger charge is 2.33. The molecular formula is C11H12ClN3O3S. The summed E-state index contributed by atoms with van der Waals surface area (Å²) >= 11 is 7.24. The summed E-state index contributed by atoms with van der Waals surface area (Å²) in [6, 6.07) is 0.690. The molecule has 102 valence electrons. The van der Waals surface area contributed by atoms with Crippen molar-refractivity contribution in [1.82, 2.24) is 14.9 Å². The van der Waals surface area contributed by atoms with E-state index in [-0.39, 0.29) is 11.0 Å². The molecule has 1 amide bonds. The maximum absolute atomic E-state index is 12.3. The lowest BCUT2D eigenvalue weighted by molar-refractivity contribution is -0.141. The molecule has 1 saturated heterocycles. The van der Waals surface area contributed by atoms with Gasteiger partial charge in [0, 0.05) is 23.7 Å². The maximum atomic E-state index is 12.3. The Morgan fingerprint density at radius 2 is 2.26 bits per heavy atom. The van der Waals surface area contributed by atoms with E-state index >= 15 is 0 Å². The smallest absolute Gasteiger partial charge is 0.327 e. The van der Waals surface area contributed by atoms with Crippen LogP contribution in [0.2, 0.25) is 5.28 Å². The molecule has 0 aromatic carbocycles. The minimum Gasteiger partial charge on any atom is -0.480 e. The van der Waals surface area contributed by atoms with Crippen molar-refractivity contribution in [2.45, 2.75) is 13.0 Å². The van der Waals surface area contributed by atoms with Crippen molar-refractivity contribution >= 4 is 35.2 Å². The molecule has 1 atom stereocenters. The summed E-state index contributed by atoms with van der Waals surface area (Å²) in [5.74, 6) is -0.316. The number of aromatic nitrogens is 2. The molecule has 1 fully saturated rings. The lowest BCUT2D eigenvalue weighted by Gasteiger charge is -2.32. The number of halogens is 1. The van der Waals surface area contributed by atoms with Gasteiger partial charge in [0.2, 0.25) is 5.28 Å². The summed E-state index contributed by atoms with van der Waals surface area (Å²) in [6.45, 7) is 2.09. The fourth-order valence-corrected chi connectivity index (χ4v) is 3.10. The van der Waals surface area contributed by atoms with Crippen molar-refractivity contribution < 1.29 is 14.7 Å². The number of nitrogens with zero attached hydrogens (tertiary/aromatic N) is 3. The number of thioether (sulfide) groups is 1. The Kier molecular flexibility index (Phi) is 4.26. The van der Waals surface area contributed by atoms with Gasteiger partial charge in [0.25, 0.3) is 5.91 Å². The van der Waals surface area contributed by atoms with Gasteiger partial charge in [0.1, 0.15) is 11.7 Å². The highest BCUT2D eigenvalue weighted by Crippen LogP contribution is 2.19. The first kappa shape index (κ1) is 14.1.